The van der Waals surface area contributed by atoms with Crippen LogP contribution in [0.15, 0.2) is 29.2 Å². The SMILES string of the molecule is COCCCOc1cc2c(cc1Cl)-c1cc(=O)c(C(=O)OC)cn1N1C(C)CCC21. The third-order valence-corrected chi connectivity index (χ3v) is 6.10. The number of pyridine rings is 1. The van der Waals surface area contributed by atoms with Crippen molar-refractivity contribution in [3.8, 4) is 17.0 Å². The number of rotatable bonds is 6. The van der Waals surface area contributed by atoms with E-state index in [9.17, 15) is 9.59 Å². The molecule has 2 atom stereocenters. The highest BCUT2D eigenvalue weighted by Crippen LogP contribution is 2.46. The third kappa shape index (κ3) is 3.46. The predicted octanol–water partition coefficient (Wildman–Crippen LogP) is 3.55. The van der Waals surface area contributed by atoms with Gasteiger partial charge in [0, 0.05) is 44.0 Å². The highest BCUT2D eigenvalue weighted by molar-refractivity contribution is 6.32. The molecule has 1 fully saturated rings. The largest absolute Gasteiger partial charge is 0.492 e. The topological polar surface area (TPSA) is 70.0 Å². The van der Waals surface area contributed by atoms with Gasteiger partial charge in [0.1, 0.15) is 11.3 Å². The second kappa shape index (κ2) is 8.32. The Morgan fingerprint density at radius 3 is 2.73 bits per heavy atom. The van der Waals surface area contributed by atoms with E-state index in [-0.39, 0.29) is 23.1 Å². The second-order valence-corrected chi connectivity index (χ2v) is 8.07. The Bertz CT molecular complexity index is 1030. The molecule has 0 amide bonds. The van der Waals surface area contributed by atoms with Gasteiger partial charge in [-0.25, -0.2) is 4.79 Å². The Labute approximate surface area is 180 Å². The predicted molar refractivity (Wildman–Crippen MR) is 114 cm³/mol. The summed E-state index contributed by atoms with van der Waals surface area (Å²) in [5.41, 5.74) is 2.32. The zero-order chi connectivity index (χ0) is 21.4. The average molecular weight is 433 g/mol. The first-order valence-corrected chi connectivity index (χ1v) is 10.4. The molecule has 1 aromatic heterocycles. The summed E-state index contributed by atoms with van der Waals surface area (Å²) in [5, 5.41) is 2.70. The number of nitrogens with zero attached hydrogens (tertiary/aromatic N) is 2. The summed E-state index contributed by atoms with van der Waals surface area (Å²) in [5.74, 6) is -0.00432. The van der Waals surface area contributed by atoms with Crippen molar-refractivity contribution in [2.75, 3.05) is 32.4 Å². The monoisotopic (exact) mass is 432 g/mol. The van der Waals surface area contributed by atoms with E-state index in [1.54, 1.807) is 13.3 Å². The van der Waals surface area contributed by atoms with Crippen molar-refractivity contribution in [1.82, 2.24) is 4.68 Å². The number of carbonyl (C=O) groups excluding carboxylic acids is 1. The van der Waals surface area contributed by atoms with Gasteiger partial charge in [0.25, 0.3) is 0 Å². The Balaban J connectivity index is 1.82. The molecule has 3 heterocycles. The van der Waals surface area contributed by atoms with Gasteiger partial charge in [-0.15, -0.1) is 0 Å². The van der Waals surface area contributed by atoms with Gasteiger partial charge in [0.2, 0.25) is 0 Å². The third-order valence-electron chi connectivity index (χ3n) is 5.80. The molecule has 8 heteroatoms. The van der Waals surface area contributed by atoms with E-state index in [2.05, 4.69) is 11.9 Å². The van der Waals surface area contributed by atoms with Crippen LogP contribution in [-0.4, -0.2) is 44.1 Å². The van der Waals surface area contributed by atoms with E-state index >= 15 is 0 Å². The van der Waals surface area contributed by atoms with Crippen LogP contribution in [0.25, 0.3) is 11.3 Å². The lowest BCUT2D eigenvalue weighted by atomic mass is 9.94. The molecule has 1 saturated heterocycles. The Morgan fingerprint density at radius 1 is 1.20 bits per heavy atom. The molecule has 2 unspecified atom stereocenters. The maximum atomic E-state index is 12.6. The lowest BCUT2D eigenvalue weighted by Crippen LogP contribution is -2.43. The minimum atomic E-state index is -0.637. The van der Waals surface area contributed by atoms with Gasteiger partial charge in [-0.3, -0.25) is 9.47 Å². The van der Waals surface area contributed by atoms with Gasteiger partial charge >= 0.3 is 5.97 Å². The molecule has 0 bridgehead atoms. The van der Waals surface area contributed by atoms with Crippen LogP contribution in [0.2, 0.25) is 5.02 Å². The van der Waals surface area contributed by atoms with E-state index in [0.717, 1.165) is 30.4 Å². The number of ether oxygens (including phenoxy) is 3. The molecule has 1 aromatic carbocycles. The van der Waals surface area contributed by atoms with Gasteiger partial charge in [-0.1, -0.05) is 11.6 Å². The highest BCUT2D eigenvalue weighted by atomic mass is 35.5. The van der Waals surface area contributed by atoms with Gasteiger partial charge < -0.3 is 19.2 Å². The van der Waals surface area contributed by atoms with Gasteiger partial charge in [0.15, 0.2) is 5.43 Å². The van der Waals surface area contributed by atoms with Crippen molar-refractivity contribution in [2.45, 2.75) is 38.3 Å². The van der Waals surface area contributed by atoms with Crippen LogP contribution >= 0.6 is 11.6 Å². The first-order valence-electron chi connectivity index (χ1n) is 10.1. The smallest absolute Gasteiger partial charge is 0.343 e. The number of aromatic nitrogens is 1. The Hall–Kier alpha value is -2.51. The maximum Gasteiger partial charge on any atom is 0.343 e. The van der Waals surface area contributed by atoms with E-state index in [1.807, 2.05) is 16.8 Å². The van der Waals surface area contributed by atoms with E-state index in [4.69, 9.17) is 25.8 Å². The van der Waals surface area contributed by atoms with Crippen molar-refractivity contribution in [2.24, 2.45) is 0 Å². The number of hydrogen-bond donors (Lipinski definition) is 0. The summed E-state index contributed by atoms with van der Waals surface area (Å²) in [7, 11) is 2.93. The van der Waals surface area contributed by atoms with Gasteiger partial charge in [-0.2, -0.15) is 0 Å². The molecule has 2 aromatic rings. The number of fused-ring (bicyclic) bond motifs is 6. The lowest BCUT2D eigenvalue weighted by molar-refractivity contribution is 0.0598. The van der Waals surface area contributed by atoms with Crippen LogP contribution in [0.5, 0.6) is 5.75 Å². The summed E-state index contributed by atoms with van der Waals surface area (Å²) in [4.78, 5) is 24.7. The van der Waals surface area contributed by atoms with Crippen molar-refractivity contribution in [3.05, 3.63) is 50.8 Å². The van der Waals surface area contributed by atoms with Crippen LogP contribution in [0, 0.1) is 0 Å². The van der Waals surface area contributed by atoms with Crippen LogP contribution in [0.4, 0.5) is 0 Å². The number of esters is 1. The van der Waals surface area contributed by atoms with Crippen LogP contribution in [0.1, 0.15) is 48.1 Å². The molecule has 2 aliphatic heterocycles. The van der Waals surface area contributed by atoms with E-state index < -0.39 is 5.97 Å². The van der Waals surface area contributed by atoms with Crippen molar-refractivity contribution < 1.29 is 19.0 Å². The molecule has 0 aliphatic carbocycles. The number of carbonyl (C=O) groups is 1. The van der Waals surface area contributed by atoms with Crippen molar-refractivity contribution >= 4 is 17.6 Å². The maximum absolute atomic E-state index is 12.6. The number of halogens is 1. The van der Waals surface area contributed by atoms with E-state index in [0.29, 0.717) is 29.7 Å². The normalized spacial score (nSPS) is 19.1. The highest BCUT2D eigenvalue weighted by Gasteiger charge is 2.39. The fraction of sp³-hybridized carbons (Fsp3) is 0.455. The summed E-state index contributed by atoms with van der Waals surface area (Å²) >= 11 is 6.52. The fourth-order valence-corrected chi connectivity index (χ4v) is 4.59. The molecule has 0 spiro atoms. The van der Waals surface area contributed by atoms with Crippen LogP contribution < -0.4 is 15.2 Å². The number of methoxy groups -OCH3 is 2. The number of hydrogen-bond acceptors (Lipinski definition) is 6. The first kappa shape index (κ1) is 20.8. The van der Waals surface area contributed by atoms with Crippen molar-refractivity contribution in [3.63, 3.8) is 0 Å². The molecule has 4 rings (SSSR count). The summed E-state index contributed by atoms with van der Waals surface area (Å²) < 4.78 is 17.7. The summed E-state index contributed by atoms with van der Waals surface area (Å²) in [6.45, 7) is 3.27. The first-order chi connectivity index (χ1) is 14.5. The molecule has 0 radical (unpaired) electrons. The van der Waals surface area contributed by atoms with E-state index in [1.165, 1.54) is 13.2 Å². The second-order valence-electron chi connectivity index (χ2n) is 7.66. The standard InChI is InChI=1S/C22H25ClN2O5/c1-13-5-6-18-15-10-21(30-8-4-7-28-2)17(23)9-14(15)19-11-20(26)16(22(27)29-3)12-24(19)25(13)18/h9-13,18H,4-8H2,1-3H3. The van der Waals surface area contributed by atoms with Crippen LogP contribution in [0.3, 0.4) is 0 Å². The molecule has 0 N–H and O–H groups in total. The zero-order valence-corrected chi connectivity index (χ0v) is 18.1. The minimum Gasteiger partial charge on any atom is -0.492 e. The zero-order valence-electron chi connectivity index (χ0n) is 17.3. The van der Waals surface area contributed by atoms with Crippen LogP contribution in [-0.2, 0) is 9.47 Å². The molecule has 7 nitrogen and oxygen atoms in total. The molecule has 30 heavy (non-hydrogen) atoms. The minimum absolute atomic E-state index is 0.0201. The summed E-state index contributed by atoms with van der Waals surface area (Å²) in [6, 6.07) is 5.68. The molecule has 0 saturated carbocycles. The molecule has 2 aliphatic rings. The van der Waals surface area contributed by atoms with Gasteiger partial charge in [-0.05, 0) is 37.5 Å². The number of benzene rings is 1. The Morgan fingerprint density at radius 2 is 2.00 bits per heavy atom. The molecular formula is C22H25ClN2O5. The lowest BCUT2D eigenvalue weighted by Gasteiger charge is -2.40. The molecule has 160 valence electrons. The Kier molecular flexibility index (Phi) is 5.75. The summed E-state index contributed by atoms with van der Waals surface area (Å²) in [6.07, 6.45) is 4.31. The van der Waals surface area contributed by atoms with Gasteiger partial charge in [0.05, 0.1) is 30.5 Å². The average Bonchev–Trinajstić information content (AvgIpc) is 3.12. The quantitative estimate of drug-likeness (QED) is 0.513. The van der Waals surface area contributed by atoms with Crippen molar-refractivity contribution in [1.29, 1.82) is 0 Å². The fourth-order valence-electron chi connectivity index (χ4n) is 4.37. The molecular weight excluding hydrogens is 408 g/mol.